The number of hydrogen-bond acceptors (Lipinski definition) is 17. The predicted molar refractivity (Wildman–Crippen MR) is 300 cm³/mol. The van der Waals surface area contributed by atoms with Crippen LogP contribution in [0.2, 0.25) is 0 Å². The number of hydrogen-bond donors (Lipinski definition) is 14. The van der Waals surface area contributed by atoms with Crippen LogP contribution < -0.4 is 31.3 Å². The smallest absolute Gasteiger partial charge is 0.251 e. The topological polar surface area (TPSA) is 377 Å². The van der Waals surface area contributed by atoms with E-state index in [9.17, 15) is 79.5 Å². The van der Waals surface area contributed by atoms with Gasteiger partial charge in [-0.1, -0.05) is 74.9 Å². The molecule has 3 aliphatic heterocycles. The lowest BCUT2D eigenvalue weighted by Gasteiger charge is -2.34. The second-order valence-corrected chi connectivity index (χ2v) is 21.5. The predicted octanol–water partition coefficient (Wildman–Crippen LogP) is -1.19. The third kappa shape index (κ3) is 15.6. The standard InChI is InChI=1S/C60H73N7O17/c1-5-6-7-26-84-42-24-12-35(13-25-42)9-8-34-10-14-36(15-11-34)37-16-18-39(19-17-37)53(76)61-43-28-45(72)56(79)65-58(81)49-50(73)31(2)29-67(49)60(83)47(33(4)69)63-57(80)48(52(75)51(74)38-20-22-40(70)23-21-38)64-55(78)44-27-41(71)30-66(44)59(82)46(32(3)68)62-54(43)77/h10-25,31-33,41,43-52,56,68-75,79H,5-7,26-30H2,1-4H3,(H,61,76)(H,62,77)(H,63,80)(H,64,78)(H,65,81)/t31-,32+,33+,41+,43-,44-,45+,46-,47-,48-,49-,50-,51-,52-,56-/m0/s1. The van der Waals surface area contributed by atoms with Gasteiger partial charge >= 0.3 is 0 Å². The zero-order valence-electron chi connectivity index (χ0n) is 46.7. The first kappa shape index (κ1) is 63.6. The quantitative estimate of drug-likeness (QED) is 0.0553. The van der Waals surface area contributed by atoms with Crippen LogP contribution in [0.4, 0.5) is 0 Å². The summed E-state index contributed by atoms with van der Waals surface area (Å²) in [6.45, 7) is 5.46. The number of phenols is 1. The number of aliphatic hydroxyl groups is 8. The summed E-state index contributed by atoms with van der Waals surface area (Å²) in [6, 6.07) is 14.0. The molecule has 0 spiro atoms. The minimum absolute atomic E-state index is 0.00300. The van der Waals surface area contributed by atoms with Crippen molar-refractivity contribution < 1.29 is 84.3 Å². The van der Waals surface area contributed by atoms with Crippen LogP contribution in [0.25, 0.3) is 11.1 Å². The van der Waals surface area contributed by atoms with Gasteiger partial charge in [0.15, 0.2) is 6.23 Å². The number of nitrogens with zero attached hydrogens (tertiary/aromatic N) is 2. The molecule has 0 aliphatic carbocycles. The maximum Gasteiger partial charge on any atom is 0.251 e. The largest absolute Gasteiger partial charge is 0.508 e. The van der Waals surface area contributed by atoms with E-state index in [0.717, 1.165) is 77.5 Å². The van der Waals surface area contributed by atoms with Gasteiger partial charge in [-0.2, -0.15) is 0 Å². The molecular weight excluding hydrogens is 1090 g/mol. The molecule has 0 unspecified atom stereocenters. The van der Waals surface area contributed by atoms with Crippen molar-refractivity contribution in [2.24, 2.45) is 5.92 Å². The Kier molecular flexibility index (Phi) is 21.6. The van der Waals surface area contributed by atoms with Gasteiger partial charge < -0.3 is 87.1 Å². The average Bonchev–Trinajstić information content (AvgIpc) is 4.22. The molecule has 14 N–H and O–H groups in total. The van der Waals surface area contributed by atoms with Crippen molar-refractivity contribution in [2.45, 2.75) is 145 Å². The number of carbonyl (C=O) groups excluding carboxylic acids is 7. The second-order valence-electron chi connectivity index (χ2n) is 21.5. The number of benzene rings is 4. The normalized spacial score (nSPS) is 27.0. The van der Waals surface area contributed by atoms with Crippen LogP contribution in [0.3, 0.4) is 0 Å². The van der Waals surface area contributed by atoms with E-state index >= 15 is 0 Å². The monoisotopic (exact) mass is 1160 g/mol. The Morgan fingerprint density at radius 1 is 0.655 bits per heavy atom. The molecule has 0 radical (unpaired) electrons. The Balaban J connectivity index is 1.16. The van der Waals surface area contributed by atoms with Gasteiger partial charge in [0.05, 0.1) is 31.0 Å². The summed E-state index contributed by atoms with van der Waals surface area (Å²) in [5, 5.41) is 111. The molecule has 0 saturated carbocycles. The van der Waals surface area contributed by atoms with Gasteiger partial charge in [0.2, 0.25) is 35.4 Å². The SMILES string of the molecule is CCCCCOc1ccc(C#Cc2ccc(-c3ccc(C(=O)N[C@H]4C[C@@H](O)[C@H](O)NC(=O)[C@@H]5[C@@H](O)[C@@H](C)CN5C(=O)[C@H]([C@@H](C)O)NC(=O)[C@H]([C@H](O)[C@@H](O)c5ccc(O)cc5)NC(=O)[C@@H]5C[C@@H](O)CN5C(=O)[C@H]([C@@H](C)O)NC4=O)cc3)cc2)cc1. The van der Waals surface area contributed by atoms with Gasteiger partial charge in [0.1, 0.15) is 66.1 Å². The van der Waals surface area contributed by atoms with Crippen molar-refractivity contribution in [3.05, 3.63) is 119 Å². The van der Waals surface area contributed by atoms with Gasteiger partial charge in [0.25, 0.3) is 5.91 Å². The Labute approximate surface area is 484 Å². The molecule has 7 rings (SSSR count). The summed E-state index contributed by atoms with van der Waals surface area (Å²) in [4.78, 5) is 102. The van der Waals surface area contributed by atoms with Gasteiger partial charge in [-0.3, -0.25) is 33.6 Å². The zero-order chi connectivity index (χ0) is 61.1. The summed E-state index contributed by atoms with van der Waals surface area (Å²) in [7, 11) is 0. The van der Waals surface area contributed by atoms with Crippen LogP contribution in [-0.2, 0) is 28.8 Å². The number of ether oxygens (including phenoxy) is 1. The Hall–Kier alpha value is -7.99. The van der Waals surface area contributed by atoms with Gasteiger partial charge in [0, 0.05) is 48.5 Å². The number of fused-ring (bicyclic) bond motifs is 2. The number of carbonyl (C=O) groups is 7. The van der Waals surface area contributed by atoms with E-state index < -0.39 is 152 Å². The highest BCUT2D eigenvalue weighted by atomic mass is 16.5. The summed E-state index contributed by atoms with van der Waals surface area (Å²) in [5.41, 5.74) is 2.92. The van der Waals surface area contributed by atoms with E-state index in [0.29, 0.717) is 12.2 Å². The number of rotatable bonds is 13. The van der Waals surface area contributed by atoms with Crippen LogP contribution in [0.5, 0.6) is 11.5 Å². The summed E-state index contributed by atoms with van der Waals surface area (Å²) < 4.78 is 5.79. The number of amides is 7. The van der Waals surface area contributed by atoms with Crippen LogP contribution in [-0.4, -0.2) is 196 Å². The fourth-order valence-electron chi connectivity index (χ4n) is 10.1. The van der Waals surface area contributed by atoms with Gasteiger partial charge in [-0.15, -0.1) is 0 Å². The number of aliphatic hydroxyl groups excluding tert-OH is 8. The Morgan fingerprint density at radius 2 is 1.20 bits per heavy atom. The Bertz CT molecular complexity index is 3030. The lowest BCUT2D eigenvalue weighted by atomic mass is 9.96. The fourth-order valence-corrected chi connectivity index (χ4v) is 10.1. The van der Waals surface area contributed by atoms with E-state index in [1.807, 2.05) is 48.5 Å². The molecular formula is C60H73N7O17. The first-order chi connectivity index (χ1) is 39.9. The van der Waals surface area contributed by atoms with Crippen molar-refractivity contribution in [1.29, 1.82) is 0 Å². The van der Waals surface area contributed by atoms with Crippen molar-refractivity contribution in [3.63, 3.8) is 0 Å². The second kappa shape index (κ2) is 28.5. The highest BCUT2D eigenvalue weighted by Crippen LogP contribution is 2.28. The summed E-state index contributed by atoms with van der Waals surface area (Å²) in [6.07, 6.45) is -13.6. The van der Waals surface area contributed by atoms with Gasteiger partial charge in [-0.05, 0) is 97.6 Å². The molecule has 3 fully saturated rings. The lowest BCUT2D eigenvalue weighted by molar-refractivity contribution is -0.148. The first-order valence-corrected chi connectivity index (χ1v) is 27.8. The number of phenolic OH excluding ortho intramolecular Hbond substituents is 1. The van der Waals surface area contributed by atoms with Crippen molar-refractivity contribution in [3.8, 4) is 34.5 Å². The van der Waals surface area contributed by atoms with E-state index in [1.54, 1.807) is 12.1 Å². The molecule has 24 heteroatoms. The molecule has 24 nitrogen and oxygen atoms in total. The molecule has 450 valence electrons. The first-order valence-electron chi connectivity index (χ1n) is 27.8. The molecule has 0 aromatic heterocycles. The third-order valence-electron chi connectivity index (χ3n) is 15.1. The molecule has 3 saturated heterocycles. The molecule has 3 aliphatic rings. The average molecular weight is 1160 g/mol. The highest BCUT2D eigenvalue weighted by molar-refractivity contribution is 6.00. The molecule has 4 aromatic rings. The molecule has 0 bridgehead atoms. The number of nitrogens with one attached hydrogen (secondary N) is 5. The van der Waals surface area contributed by atoms with E-state index in [2.05, 4.69) is 45.3 Å². The van der Waals surface area contributed by atoms with E-state index in [1.165, 1.54) is 31.2 Å². The number of unbranched alkanes of at least 4 members (excludes halogenated alkanes) is 2. The van der Waals surface area contributed by atoms with Crippen LogP contribution >= 0.6 is 0 Å². The highest BCUT2D eigenvalue weighted by Gasteiger charge is 2.50. The fraction of sp³-hybridized carbons (Fsp3) is 0.450. The summed E-state index contributed by atoms with van der Waals surface area (Å²) >= 11 is 0. The molecule has 3 heterocycles. The van der Waals surface area contributed by atoms with Gasteiger partial charge in [-0.25, -0.2) is 0 Å². The lowest BCUT2D eigenvalue weighted by Crippen LogP contribution is -2.64. The summed E-state index contributed by atoms with van der Waals surface area (Å²) in [5.74, 6) is -2.44. The maximum absolute atomic E-state index is 14.5. The zero-order valence-corrected chi connectivity index (χ0v) is 46.7. The molecule has 84 heavy (non-hydrogen) atoms. The minimum Gasteiger partial charge on any atom is -0.508 e. The van der Waals surface area contributed by atoms with Crippen molar-refractivity contribution >= 4 is 41.4 Å². The minimum atomic E-state index is -2.30. The van der Waals surface area contributed by atoms with Crippen LogP contribution in [0.15, 0.2) is 97.1 Å². The van der Waals surface area contributed by atoms with Crippen molar-refractivity contribution in [1.82, 2.24) is 36.4 Å². The number of aromatic hydroxyl groups is 1. The van der Waals surface area contributed by atoms with E-state index in [4.69, 9.17) is 4.74 Å². The molecule has 7 amide bonds. The van der Waals surface area contributed by atoms with Crippen molar-refractivity contribution in [2.75, 3.05) is 19.7 Å². The molecule has 4 aromatic carbocycles. The van der Waals surface area contributed by atoms with Crippen LogP contribution in [0, 0.1) is 17.8 Å². The van der Waals surface area contributed by atoms with Crippen LogP contribution in [0.1, 0.15) is 93.0 Å². The van der Waals surface area contributed by atoms with E-state index in [-0.39, 0.29) is 23.4 Å². The molecule has 15 atom stereocenters. The third-order valence-corrected chi connectivity index (χ3v) is 15.1. The maximum atomic E-state index is 14.5. The Morgan fingerprint density at radius 3 is 1.79 bits per heavy atom.